The van der Waals surface area contributed by atoms with Gasteiger partial charge in [0, 0.05) is 12.2 Å². The van der Waals surface area contributed by atoms with Gasteiger partial charge in [0.1, 0.15) is 11.4 Å². The average molecular weight is 297 g/mol. The largest absolute Gasteiger partial charge is 0.384 e. The van der Waals surface area contributed by atoms with Crippen LogP contribution in [-0.4, -0.2) is 23.0 Å². The van der Waals surface area contributed by atoms with Crippen molar-refractivity contribution in [2.75, 3.05) is 12.3 Å². The molecule has 110 valence electrons. The van der Waals surface area contributed by atoms with E-state index < -0.39 is 0 Å². The van der Waals surface area contributed by atoms with Gasteiger partial charge in [-0.25, -0.2) is 4.98 Å². The zero-order chi connectivity index (χ0) is 13.5. The van der Waals surface area contributed by atoms with E-state index in [4.69, 9.17) is 5.73 Å². The molecule has 1 saturated carbocycles. The van der Waals surface area contributed by atoms with Gasteiger partial charge in [-0.1, -0.05) is 6.07 Å². The molecule has 2 aliphatic rings. The van der Waals surface area contributed by atoms with Gasteiger partial charge >= 0.3 is 0 Å². The fraction of sp³-hybridized carbons (Fsp3) is 0.571. The van der Waals surface area contributed by atoms with E-state index in [9.17, 15) is 4.79 Å². The van der Waals surface area contributed by atoms with Crippen LogP contribution in [0.2, 0.25) is 0 Å². The van der Waals surface area contributed by atoms with E-state index in [0.717, 1.165) is 24.2 Å². The quantitative estimate of drug-likeness (QED) is 0.782. The molecule has 3 rings (SSSR count). The van der Waals surface area contributed by atoms with E-state index in [1.54, 1.807) is 6.07 Å². The topological polar surface area (TPSA) is 80.0 Å². The number of nitrogens with two attached hydrogens (primary N) is 1. The fourth-order valence-corrected chi connectivity index (χ4v) is 3.04. The summed E-state index contributed by atoms with van der Waals surface area (Å²) in [6, 6.07) is 3.69. The number of aromatic nitrogens is 1. The molecule has 2 heterocycles. The smallest absolute Gasteiger partial charge is 0.240 e. The summed E-state index contributed by atoms with van der Waals surface area (Å²) in [6.07, 6.45) is 3.33. The highest BCUT2D eigenvalue weighted by Crippen LogP contribution is 2.48. The minimum atomic E-state index is -0.270. The van der Waals surface area contributed by atoms with E-state index in [2.05, 4.69) is 15.6 Å². The second kappa shape index (κ2) is 5.58. The number of pyridine rings is 1. The molecule has 1 aliphatic heterocycles. The van der Waals surface area contributed by atoms with Gasteiger partial charge in [0.25, 0.3) is 0 Å². The van der Waals surface area contributed by atoms with Gasteiger partial charge in [0.2, 0.25) is 5.91 Å². The van der Waals surface area contributed by atoms with Gasteiger partial charge in [-0.05, 0) is 50.3 Å². The van der Waals surface area contributed by atoms with Crippen LogP contribution in [0.15, 0.2) is 12.1 Å². The predicted octanol–water partition coefficient (Wildman–Crippen LogP) is 1.15. The molecule has 0 unspecified atom stereocenters. The number of aryl methyl sites for hydroxylation is 1. The second-order valence-electron chi connectivity index (χ2n) is 5.60. The number of hydrogen-bond donors (Lipinski definition) is 3. The monoisotopic (exact) mass is 296 g/mol. The Balaban J connectivity index is 0.00000147. The number of carbonyl (C=O) groups excluding carboxylic acids is 1. The average Bonchev–Trinajstić information content (AvgIpc) is 3.13. The van der Waals surface area contributed by atoms with Crippen molar-refractivity contribution in [2.45, 2.75) is 38.3 Å². The summed E-state index contributed by atoms with van der Waals surface area (Å²) < 4.78 is 0. The first kappa shape index (κ1) is 15.1. The molecule has 1 amide bonds. The van der Waals surface area contributed by atoms with Gasteiger partial charge in [-0.2, -0.15) is 0 Å². The fourth-order valence-electron chi connectivity index (χ4n) is 3.04. The maximum absolute atomic E-state index is 12.3. The lowest BCUT2D eigenvalue weighted by atomic mass is 10.0. The summed E-state index contributed by atoms with van der Waals surface area (Å²) in [6.45, 7) is 3.38. The lowest BCUT2D eigenvalue weighted by Crippen LogP contribution is -2.50. The highest BCUT2D eigenvalue weighted by molar-refractivity contribution is 5.90. The normalized spacial score (nSPS) is 27.1. The third-order valence-corrected chi connectivity index (χ3v) is 4.34. The Kier molecular flexibility index (Phi) is 4.20. The number of halogens is 1. The molecule has 1 saturated heterocycles. The zero-order valence-corrected chi connectivity index (χ0v) is 12.4. The Morgan fingerprint density at radius 1 is 1.60 bits per heavy atom. The predicted molar refractivity (Wildman–Crippen MR) is 80.6 cm³/mol. The molecule has 0 spiro atoms. The van der Waals surface area contributed by atoms with Crippen LogP contribution in [0, 0.1) is 12.8 Å². The Morgan fingerprint density at radius 2 is 2.40 bits per heavy atom. The Labute approximate surface area is 125 Å². The highest BCUT2D eigenvalue weighted by atomic mass is 35.5. The minimum Gasteiger partial charge on any atom is -0.384 e. The minimum absolute atomic E-state index is 0. The maximum Gasteiger partial charge on any atom is 0.240 e. The van der Waals surface area contributed by atoms with E-state index >= 15 is 0 Å². The molecule has 4 N–H and O–H groups in total. The molecule has 2 fully saturated rings. The van der Waals surface area contributed by atoms with E-state index in [1.807, 2.05) is 13.0 Å². The van der Waals surface area contributed by atoms with Crippen LogP contribution in [0.5, 0.6) is 0 Å². The van der Waals surface area contributed by atoms with Crippen LogP contribution in [0.3, 0.4) is 0 Å². The molecule has 1 aliphatic carbocycles. The Bertz CT molecular complexity index is 522. The van der Waals surface area contributed by atoms with Crippen molar-refractivity contribution in [1.29, 1.82) is 0 Å². The molecule has 5 nitrogen and oxygen atoms in total. The van der Waals surface area contributed by atoms with Crippen molar-refractivity contribution in [1.82, 2.24) is 15.6 Å². The first-order valence-electron chi connectivity index (χ1n) is 6.87. The van der Waals surface area contributed by atoms with E-state index in [1.165, 1.54) is 12.8 Å². The number of piperidine rings is 1. The first-order chi connectivity index (χ1) is 9.12. The number of fused-ring (bicyclic) bond motifs is 1. The summed E-state index contributed by atoms with van der Waals surface area (Å²) in [7, 11) is 0. The van der Waals surface area contributed by atoms with Crippen molar-refractivity contribution in [3.05, 3.63) is 23.4 Å². The van der Waals surface area contributed by atoms with E-state index in [0.29, 0.717) is 18.3 Å². The van der Waals surface area contributed by atoms with Gasteiger partial charge in [-0.15, -0.1) is 12.4 Å². The number of hydrogen-bond acceptors (Lipinski definition) is 4. The third-order valence-electron chi connectivity index (χ3n) is 4.34. The molecular weight excluding hydrogens is 276 g/mol. The lowest BCUT2D eigenvalue weighted by molar-refractivity contribution is -0.125. The molecular formula is C14H21ClN4O. The zero-order valence-electron chi connectivity index (χ0n) is 11.6. The van der Waals surface area contributed by atoms with Crippen LogP contribution in [-0.2, 0) is 11.3 Å². The van der Waals surface area contributed by atoms with Crippen molar-refractivity contribution in [3.63, 3.8) is 0 Å². The van der Waals surface area contributed by atoms with Crippen LogP contribution >= 0.6 is 12.4 Å². The first-order valence-corrected chi connectivity index (χ1v) is 6.87. The van der Waals surface area contributed by atoms with Gasteiger partial charge < -0.3 is 16.4 Å². The van der Waals surface area contributed by atoms with Crippen molar-refractivity contribution >= 4 is 24.1 Å². The molecule has 2 atom stereocenters. The molecule has 6 heteroatoms. The van der Waals surface area contributed by atoms with Gasteiger partial charge in [0.15, 0.2) is 0 Å². The number of amides is 1. The van der Waals surface area contributed by atoms with E-state index in [-0.39, 0.29) is 23.9 Å². The van der Waals surface area contributed by atoms with Crippen molar-refractivity contribution < 1.29 is 4.79 Å². The summed E-state index contributed by atoms with van der Waals surface area (Å²) in [5, 5.41) is 6.41. The Hall–Kier alpha value is -1.33. The van der Waals surface area contributed by atoms with Crippen LogP contribution < -0.4 is 16.4 Å². The number of nitrogen functional groups attached to an aromatic ring is 1. The standard InChI is InChI=1S/C14H20N4O.ClH/c1-9-10(4-5-12(15)18-9)8-16-13(19)14-7-11(14)3-2-6-17-14;/h4-5,11,17H,2-3,6-8H2,1H3,(H2,15,18)(H,16,19);1H/t11-,14+;/m1./s1. The third kappa shape index (κ3) is 2.60. The number of nitrogens with one attached hydrogen (secondary N) is 2. The second-order valence-corrected chi connectivity index (χ2v) is 5.60. The molecule has 0 aromatic carbocycles. The summed E-state index contributed by atoms with van der Waals surface area (Å²) >= 11 is 0. The number of carbonyl (C=O) groups is 1. The van der Waals surface area contributed by atoms with Crippen LogP contribution in [0.4, 0.5) is 5.82 Å². The molecule has 1 aromatic heterocycles. The molecule has 0 radical (unpaired) electrons. The number of nitrogens with zero attached hydrogens (tertiary/aromatic N) is 1. The van der Waals surface area contributed by atoms with Crippen LogP contribution in [0.1, 0.15) is 30.5 Å². The van der Waals surface area contributed by atoms with Gasteiger partial charge in [0.05, 0.1) is 0 Å². The summed E-state index contributed by atoms with van der Waals surface area (Å²) in [5.41, 5.74) is 7.25. The summed E-state index contributed by atoms with van der Waals surface area (Å²) in [4.78, 5) is 16.5. The molecule has 1 aromatic rings. The summed E-state index contributed by atoms with van der Waals surface area (Å²) in [5.74, 6) is 1.18. The Morgan fingerprint density at radius 3 is 3.10 bits per heavy atom. The van der Waals surface area contributed by atoms with Crippen LogP contribution in [0.25, 0.3) is 0 Å². The lowest BCUT2D eigenvalue weighted by Gasteiger charge is -2.23. The SMILES string of the molecule is Cc1nc(N)ccc1CNC(=O)[C@]12C[C@H]1CCCN2.Cl. The maximum atomic E-state index is 12.3. The molecule has 0 bridgehead atoms. The van der Waals surface area contributed by atoms with Crippen molar-refractivity contribution in [3.8, 4) is 0 Å². The molecule has 20 heavy (non-hydrogen) atoms. The van der Waals surface area contributed by atoms with Gasteiger partial charge in [-0.3, -0.25) is 4.79 Å². The number of anilines is 1. The van der Waals surface area contributed by atoms with Crippen molar-refractivity contribution in [2.24, 2.45) is 5.92 Å². The number of rotatable bonds is 3. The highest BCUT2D eigenvalue weighted by Gasteiger charge is 2.60.